The summed E-state index contributed by atoms with van der Waals surface area (Å²) in [6.07, 6.45) is 5.56. The van der Waals surface area contributed by atoms with Crippen molar-refractivity contribution in [3.63, 3.8) is 0 Å². The molecule has 0 radical (unpaired) electrons. The maximum atomic E-state index is 13.0. The highest BCUT2D eigenvalue weighted by molar-refractivity contribution is 5.89. The molecule has 4 rings (SSSR count). The molecule has 28 heavy (non-hydrogen) atoms. The first-order chi connectivity index (χ1) is 13.8. The Hall–Kier alpha value is -3.73. The van der Waals surface area contributed by atoms with Crippen LogP contribution in [0.1, 0.15) is 11.3 Å². The van der Waals surface area contributed by atoms with Crippen molar-refractivity contribution >= 4 is 11.7 Å². The van der Waals surface area contributed by atoms with Crippen molar-refractivity contribution in [2.45, 2.75) is 13.1 Å². The lowest BCUT2D eigenvalue weighted by molar-refractivity contribution is 0.201. The molecule has 0 spiro atoms. The Morgan fingerprint density at radius 1 is 0.893 bits per heavy atom. The molecule has 4 aromatic rings. The number of anilines is 1. The highest BCUT2D eigenvalue weighted by atomic mass is 16.3. The molecular weight excluding hydrogens is 350 g/mol. The van der Waals surface area contributed by atoms with E-state index in [-0.39, 0.29) is 6.03 Å². The Bertz CT molecular complexity index is 1010. The monoisotopic (exact) mass is 371 g/mol. The fraction of sp³-hybridized carbons (Fsp3) is 0.0870. The number of benzene rings is 2. The van der Waals surface area contributed by atoms with Crippen molar-refractivity contribution in [2.24, 2.45) is 0 Å². The van der Waals surface area contributed by atoms with E-state index in [9.17, 15) is 4.79 Å². The van der Waals surface area contributed by atoms with Crippen LogP contribution in [-0.2, 0) is 13.1 Å². The van der Waals surface area contributed by atoms with Gasteiger partial charge in [-0.15, -0.1) is 0 Å². The number of furan rings is 1. The Labute approximate surface area is 163 Å². The summed E-state index contributed by atoms with van der Waals surface area (Å²) in [4.78, 5) is 14.7. The molecule has 140 valence electrons. The molecule has 0 aliphatic rings. The van der Waals surface area contributed by atoms with Gasteiger partial charge in [-0.05, 0) is 48.0 Å². The van der Waals surface area contributed by atoms with E-state index in [2.05, 4.69) is 5.32 Å². The molecule has 0 saturated heterocycles. The summed E-state index contributed by atoms with van der Waals surface area (Å²) in [6, 6.07) is 25.2. The Morgan fingerprint density at radius 3 is 2.46 bits per heavy atom. The van der Waals surface area contributed by atoms with Crippen molar-refractivity contribution in [3.8, 4) is 5.69 Å². The van der Waals surface area contributed by atoms with Crippen molar-refractivity contribution in [1.82, 2.24) is 9.47 Å². The van der Waals surface area contributed by atoms with Crippen LogP contribution >= 0.6 is 0 Å². The Kier molecular flexibility index (Phi) is 5.24. The third-order valence-electron chi connectivity index (χ3n) is 4.43. The molecule has 5 nitrogen and oxygen atoms in total. The van der Waals surface area contributed by atoms with Gasteiger partial charge in [0.25, 0.3) is 0 Å². The van der Waals surface area contributed by atoms with Gasteiger partial charge >= 0.3 is 6.03 Å². The van der Waals surface area contributed by atoms with Gasteiger partial charge in [0.05, 0.1) is 12.8 Å². The normalized spacial score (nSPS) is 10.6. The number of nitrogens with one attached hydrogen (secondary N) is 1. The average Bonchev–Trinajstić information content (AvgIpc) is 3.43. The average molecular weight is 371 g/mol. The molecule has 2 heterocycles. The number of hydrogen-bond donors (Lipinski definition) is 1. The molecule has 1 N–H and O–H groups in total. The molecule has 0 unspecified atom stereocenters. The highest BCUT2D eigenvalue weighted by Crippen LogP contribution is 2.17. The van der Waals surface area contributed by atoms with Crippen molar-refractivity contribution < 1.29 is 9.21 Å². The largest absolute Gasteiger partial charge is 0.467 e. The summed E-state index contributed by atoms with van der Waals surface area (Å²) in [5, 5.41) is 3.01. The molecule has 0 fully saturated rings. The van der Waals surface area contributed by atoms with Crippen LogP contribution in [0.3, 0.4) is 0 Å². The van der Waals surface area contributed by atoms with Crippen molar-refractivity contribution in [2.75, 3.05) is 5.32 Å². The summed E-state index contributed by atoms with van der Waals surface area (Å²) in [5.41, 5.74) is 2.79. The van der Waals surface area contributed by atoms with Gasteiger partial charge < -0.3 is 19.2 Å². The molecule has 0 aliphatic carbocycles. The lowest BCUT2D eigenvalue weighted by Crippen LogP contribution is -2.34. The topological polar surface area (TPSA) is 50.4 Å². The van der Waals surface area contributed by atoms with Gasteiger partial charge in [0.1, 0.15) is 5.76 Å². The van der Waals surface area contributed by atoms with Crippen LogP contribution in [0.4, 0.5) is 10.5 Å². The van der Waals surface area contributed by atoms with E-state index in [1.165, 1.54) is 0 Å². The van der Waals surface area contributed by atoms with Crippen molar-refractivity contribution in [3.05, 3.63) is 109 Å². The molecule has 2 aromatic heterocycles. The zero-order valence-electron chi connectivity index (χ0n) is 15.4. The molecule has 2 amide bonds. The van der Waals surface area contributed by atoms with Crippen molar-refractivity contribution in [1.29, 1.82) is 0 Å². The van der Waals surface area contributed by atoms with E-state index in [0.29, 0.717) is 13.1 Å². The predicted molar refractivity (Wildman–Crippen MR) is 109 cm³/mol. The minimum Gasteiger partial charge on any atom is -0.467 e. The zero-order valence-corrected chi connectivity index (χ0v) is 15.4. The summed E-state index contributed by atoms with van der Waals surface area (Å²) >= 11 is 0. The molecule has 0 saturated carbocycles. The maximum Gasteiger partial charge on any atom is 0.322 e. The summed E-state index contributed by atoms with van der Waals surface area (Å²) in [6.45, 7) is 0.885. The fourth-order valence-corrected chi connectivity index (χ4v) is 3.05. The molecule has 0 aliphatic heterocycles. The van der Waals surface area contributed by atoms with Gasteiger partial charge in [-0.25, -0.2) is 4.79 Å². The highest BCUT2D eigenvalue weighted by Gasteiger charge is 2.16. The second kappa shape index (κ2) is 8.31. The fourth-order valence-electron chi connectivity index (χ4n) is 3.05. The number of nitrogens with zero attached hydrogens (tertiary/aromatic N) is 2. The van der Waals surface area contributed by atoms with Gasteiger partial charge in [0, 0.05) is 30.3 Å². The number of rotatable bonds is 6. The molecule has 5 heteroatoms. The van der Waals surface area contributed by atoms with E-state index in [4.69, 9.17) is 4.42 Å². The molecular formula is C23H21N3O2. The van der Waals surface area contributed by atoms with Crippen LogP contribution in [-0.4, -0.2) is 15.5 Å². The van der Waals surface area contributed by atoms with Crippen LogP contribution in [0, 0.1) is 0 Å². The summed E-state index contributed by atoms with van der Waals surface area (Å²) in [7, 11) is 0. The smallest absolute Gasteiger partial charge is 0.322 e. The van der Waals surface area contributed by atoms with Gasteiger partial charge in [-0.3, -0.25) is 0 Å². The van der Waals surface area contributed by atoms with Gasteiger partial charge in [-0.1, -0.05) is 36.4 Å². The van der Waals surface area contributed by atoms with E-state index in [0.717, 1.165) is 22.7 Å². The first kappa shape index (κ1) is 17.7. The first-order valence-corrected chi connectivity index (χ1v) is 9.13. The third kappa shape index (κ3) is 4.32. The Balaban J connectivity index is 1.52. The first-order valence-electron chi connectivity index (χ1n) is 9.13. The lowest BCUT2D eigenvalue weighted by atomic mass is 10.2. The third-order valence-corrected chi connectivity index (χ3v) is 4.43. The van der Waals surface area contributed by atoms with Gasteiger partial charge in [-0.2, -0.15) is 0 Å². The number of urea groups is 1. The molecule has 0 atom stereocenters. The number of carbonyl (C=O) groups excluding carboxylic acids is 1. The van der Waals surface area contributed by atoms with Crippen LogP contribution in [0.5, 0.6) is 0 Å². The minimum absolute atomic E-state index is 0.176. The second-order valence-corrected chi connectivity index (χ2v) is 6.49. The quantitative estimate of drug-likeness (QED) is 0.500. The number of aromatic nitrogens is 1. The summed E-state index contributed by atoms with van der Waals surface area (Å²) in [5.74, 6) is 0.743. The maximum absolute atomic E-state index is 13.0. The number of amides is 2. The van der Waals surface area contributed by atoms with E-state index >= 15 is 0 Å². The number of carbonyl (C=O) groups is 1. The molecule has 2 aromatic carbocycles. The van der Waals surface area contributed by atoms with Crippen LogP contribution in [0.15, 0.2) is 102 Å². The van der Waals surface area contributed by atoms with E-state index < -0.39 is 0 Å². The van der Waals surface area contributed by atoms with E-state index in [1.807, 2.05) is 95.8 Å². The predicted octanol–water partition coefficient (Wildman–Crippen LogP) is 5.30. The SMILES string of the molecule is O=C(Nc1cccc(-n2cccc2)c1)N(Cc1ccccc1)Cc1ccco1. The molecule has 0 bridgehead atoms. The minimum atomic E-state index is -0.176. The van der Waals surface area contributed by atoms with Crippen LogP contribution < -0.4 is 5.32 Å². The summed E-state index contributed by atoms with van der Waals surface area (Å²) < 4.78 is 7.45. The Morgan fingerprint density at radius 2 is 1.71 bits per heavy atom. The number of hydrogen-bond acceptors (Lipinski definition) is 2. The van der Waals surface area contributed by atoms with Gasteiger partial charge in [0.15, 0.2) is 0 Å². The van der Waals surface area contributed by atoms with Crippen LogP contribution in [0.2, 0.25) is 0 Å². The second-order valence-electron chi connectivity index (χ2n) is 6.49. The van der Waals surface area contributed by atoms with E-state index in [1.54, 1.807) is 11.2 Å². The lowest BCUT2D eigenvalue weighted by Gasteiger charge is -2.22. The zero-order chi connectivity index (χ0) is 19.2. The van der Waals surface area contributed by atoms with Gasteiger partial charge in [0.2, 0.25) is 0 Å². The standard InChI is InChI=1S/C23H21N3O2/c27-23(24-20-10-6-11-21(16-20)25-13-4-5-14-25)26(18-22-12-7-15-28-22)17-19-8-2-1-3-9-19/h1-16H,17-18H2,(H,24,27). The van der Waals surface area contributed by atoms with Crippen LogP contribution in [0.25, 0.3) is 5.69 Å².